The van der Waals surface area contributed by atoms with Gasteiger partial charge in [-0.25, -0.2) is 9.59 Å². The predicted molar refractivity (Wildman–Crippen MR) is 118 cm³/mol. The first-order valence-corrected chi connectivity index (χ1v) is 10.3. The Hall–Kier alpha value is -2.76. The van der Waals surface area contributed by atoms with Crippen LogP contribution in [0.5, 0.6) is 5.75 Å². The molecule has 1 N–H and O–H groups in total. The van der Waals surface area contributed by atoms with Crippen molar-refractivity contribution in [2.45, 2.75) is 72.3 Å². The molecule has 0 spiro atoms. The number of fused-ring (bicyclic) bond motifs is 1. The van der Waals surface area contributed by atoms with E-state index in [0.29, 0.717) is 0 Å². The molecule has 1 amide bonds. The van der Waals surface area contributed by atoms with Crippen molar-refractivity contribution in [1.29, 1.82) is 0 Å². The first-order chi connectivity index (χ1) is 14.0. The average Bonchev–Trinajstić information content (AvgIpc) is 2.64. The molecule has 6 nitrogen and oxygen atoms in total. The fraction of sp³-hybridized carbons (Fsp3) is 0.500. The summed E-state index contributed by atoms with van der Waals surface area (Å²) < 4.78 is 17.1. The zero-order valence-corrected chi connectivity index (χ0v) is 18.9. The van der Waals surface area contributed by atoms with Gasteiger partial charge in [0.1, 0.15) is 29.6 Å². The molecule has 0 unspecified atom stereocenters. The highest BCUT2D eigenvalue weighted by molar-refractivity contribution is 5.88. The summed E-state index contributed by atoms with van der Waals surface area (Å²) in [5, 5.41) is 4.59. The van der Waals surface area contributed by atoms with E-state index >= 15 is 0 Å². The van der Waals surface area contributed by atoms with Crippen LogP contribution in [0, 0.1) is 5.92 Å². The molecule has 0 heterocycles. The van der Waals surface area contributed by atoms with Crippen LogP contribution in [0.25, 0.3) is 10.8 Å². The Morgan fingerprint density at radius 3 is 2.20 bits per heavy atom. The number of nitrogens with one attached hydrogen (secondary N) is 1. The van der Waals surface area contributed by atoms with Crippen LogP contribution >= 0.6 is 0 Å². The maximum absolute atomic E-state index is 12.5. The third-order valence-electron chi connectivity index (χ3n) is 4.52. The Morgan fingerprint density at radius 2 is 1.57 bits per heavy atom. The predicted octanol–water partition coefficient (Wildman–Crippen LogP) is 5.09. The molecule has 0 saturated heterocycles. The molecule has 30 heavy (non-hydrogen) atoms. The molecule has 2 aromatic rings. The van der Waals surface area contributed by atoms with Crippen molar-refractivity contribution < 1.29 is 23.8 Å². The monoisotopic (exact) mass is 415 g/mol. The van der Waals surface area contributed by atoms with Gasteiger partial charge >= 0.3 is 12.1 Å². The number of amides is 1. The van der Waals surface area contributed by atoms with E-state index in [0.717, 1.165) is 16.5 Å². The topological polar surface area (TPSA) is 73.9 Å². The van der Waals surface area contributed by atoms with Gasteiger partial charge in [0.05, 0.1) is 0 Å². The largest absolute Gasteiger partial charge is 0.486 e. The van der Waals surface area contributed by atoms with Crippen molar-refractivity contribution in [2.75, 3.05) is 0 Å². The van der Waals surface area contributed by atoms with Gasteiger partial charge in [-0.05, 0) is 52.0 Å². The zero-order chi connectivity index (χ0) is 22.5. The van der Waals surface area contributed by atoms with Crippen LogP contribution in [0.15, 0.2) is 42.5 Å². The average molecular weight is 416 g/mol. The molecule has 0 radical (unpaired) electrons. The smallest absolute Gasteiger partial charge is 0.408 e. The summed E-state index contributed by atoms with van der Waals surface area (Å²) in [5.41, 5.74) is -0.643. The lowest BCUT2D eigenvalue weighted by Gasteiger charge is -2.29. The Kier molecular flexibility index (Phi) is 7.71. The number of benzene rings is 2. The number of esters is 1. The minimum Gasteiger partial charge on any atom is -0.486 e. The highest BCUT2D eigenvalue weighted by Gasteiger charge is 2.29. The first kappa shape index (κ1) is 23.5. The third-order valence-corrected chi connectivity index (χ3v) is 4.52. The molecule has 0 aliphatic carbocycles. The van der Waals surface area contributed by atoms with E-state index in [-0.39, 0.29) is 12.0 Å². The van der Waals surface area contributed by atoms with Crippen molar-refractivity contribution in [1.82, 2.24) is 5.32 Å². The van der Waals surface area contributed by atoms with Crippen LogP contribution in [-0.2, 0) is 14.3 Å². The molecule has 2 aromatic carbocycles. The number of alkyl carbamates (subject to hydrolysis) is 1. The van der Waals surface area contributed by atoms with E-state index in [4.69, 9.17) is 14.2 Å². The molecule has 0 saturated carbocycles. The van der Waals surface area contributed by atoms with E-state index in [9.17, 15) is 9.59 Å². The Morgan fingerprint density at radius 1 is 0.933 bits per heavy atom. The Labute approximate surface area is 178 Å². The minimum atomic E-state index is -0.840. The van der Waals surface area contributed by atoms with E-state index in [1.165, 1.54) is 0 Å². The molecule has 2 rings (SSSR count). The van der Waals surface area contributed by atoms with Gasteiger partial charge in [-0.3, -0.25) is 0 Å². The molecular weight excluding hydrogens is 382 g/mol. The number of hydrogen-bond acceptors (Lipinski definition) is 5. The van der Waals surface area contributed by atoms with Gasteiger partial charge in [0, 0.05) is 5.39 Å². The van der Waals surface area contributed by atoms with E-state index in [1.54, 1.807) is 34.6 Å². The van der Waals surface area contributed by atoms with Gasteiger partial charge in [-0.15, -0.1) is 0 Å². The molecule has 0 bridgehead atoms. The summed E-state index contributed by atoms with van der Waals surface area (Å²) in [6, 6.07) is 13.0. The second kappa shape index (κ2) is 9.83. The fourth-order valence-corrected chi connectivity index (χ4v) is 3.11. The van der Waals surface area contributed by atoms with Crippen LogP contribution in [0.1, 0.15) is 48.5 Å². The maximum atomic E-state index is 12.5. The van der Waals surface area contributed by atoms with Gasteiger partial charge in [0.2, 0.25) is 0 Å². The molecule has 0 fully saturated rings. The number of carbonyl (C=O) groups excluding carboxylic acids is 2. The lowest BCUT2D eigenvalue weighted by molar-refractivity contribution is -0.156. The molecule has 0 aliphatic heterocycles. The highest BCUT2D eigenvalue weighted by atomic mass is 16.6. The standard InChI is InChI=1S/C24H33NO5/c1-15(2)21(29-20-14-10-12-18-11-8-9-13-19(18)20)17(4)28-22(26)16(3)25-23(27)30-24(5,6)7/h8-17,21H,1-7H3,(H,25,27)/t16-,17-,21+/m0/s1. The highest BCUT2D eigenvalue weighted by Crippen LogP contribution is 2.28. The van der Waals surface area contributed by atoms with Crippen LogP contribution in [0.3, 0.4) is 0 Å². The number of ether oxygens (including phenoxy) is 3. The van der Waals surface area contributed by atoms with Crippen molar-refractivity contribution in [3.05, 3.63) is 42.5 Å². The molecule has 0 aliphatic rings. The van der Waals surface area contributed by atoms with Crippen molar-refractivity contribution >= 4 is 22.8 Å². The summed E-state index contributed by atoms with van der Waals surface area (Å²) in [6.45, 7) is 12.7. The minimum absolute atomic E-state index is 0.0980. The quantitative estimate of drug-likeness (QED) is 0.638. The summed E-state index contributed by atoms with van der Waals surface area (Å²) in [5.74, 6) is 0.302. The summed E-state index contributed by atoms with van der Waals surface area (Å²) in [6.07, 6.45) is -1.53. The SMILES string of the molecule is CC(C)[C@@H](Oc1cccc2ccccc12)[C@H](C)OC(=O)[C@H](C)NC(=O)OC(C)(C)C. The lowest BCUT2D eigenvalue weighted by atomic mass is 10.0. The van der Waals surface area contributed by atoms with Gasteiger partial charge in [-0.1, -0.05) is 50.2 Å². The number of carbonyl (C=O) groups is 2. The zero-order valence-electron chi connectivity index (χ0n) is 18.9. The third kappa shape index (κ3) is 6.65. The van der Waals surface area contributed by atoms with Gasteiger partial charge < -0.3 is 19.5 Å². The van der Waals surface area contributed by atoms with Crippen LogP contribution < -0.4 is 10.1 Å². The van der Waals surface area contributed by atoms with E-state index < -0.39 is 29.8 Å². The lowest BCUT2D eigenvalue weighted by Crippen LogP contribution is -2.45. The molecule has 164 valence electrons. The Balaban J connectivity index is 2.05. The van der Waals surface area contributed by atoms with Crippen LogP contribution in [0.4, 0.5) is 4.79 Å². The van der Waals surface area contributed by atoms with Crippen molar-refractivity contribution in [2.24, 2.45) is 5.92 Å². The van der Waals surface area contributed by atoms with E-state index in [2.05, 4.69) is 5.32 Å². The van der Waals surface area contributed by atoms with E-state index in [1.807, 2.05) is 56.3 Å². The second-order valence-electron chi connectivity index (χ2n) is 8.81. The van der Waals surface area contributed by atoms with Crippen LogP contribution in [-0.4, -0.2) is 35.9 Å². The van der Waals surface area contributed by atoms with Crippen molar-refractivity contribution in [3.63, 3.8) is 0 Å². The first-order valence-electron chi connectivity index (χ1n) is 10.3. The molecule has 6 heteroatoms. The summed E-state index contributed by atoms with van der Waals surface area (Å²) in [7, 11) is 0. The Bertz CT molecular complexity index is 866. The summed E-state index contributed by atoms with van der Waals surface area (Å²) >= 11 is 0. The normalized spacial score (nSPS) is 14.7. The maximum Gasteiger partial charge on any atom is 0.408 e. The number of rotatable bonds is 7. The van der Waals surface area contributed by atoms with Gasteiger partial charge in [-0.2, -0.15) is 0 Å². The van der Waals surface area contributed by atoms with Gasteiger partial charge in [0.25, 0.3) is 0 Å². The van der Waals surface area contributed by atoms with Crippen molar-refractivity contribution in [3.8, 4) is 5.75 Å². The number of hydrogen-bond donors (Lipinski definition) is 1. The summed E-state index contributed by atoms with van der Waals surface area (Å²) in [4.78, 5) is 24.4. The van der Waals surface area contributed by atoms with Gasteiger partial charge in [0.15, 0.2) is 0 Å². The van der Waals surface area contributed by atoms with Crippen LogP contribution in [0.2, 0.25) is 0 Å². The molecule has 0 aromatic heterocycles. The molecular formula is C24H33NO5. The fourth-order valence-electron chi connectivity index (χ4n) is 3.11. The molecule has 3 atom stereocenters. The second-order valence-corrected chi connectivity index (χ2v) is 8.81.